The van der Waals surface area contributed by atoms with Gasteiger partial charge < -0.3 is 10.8 Å². The number of nitrogens with two attached hydrogens (primary N) is 1. The molecular formula is C6H13NO2. The summed E-state index contributed by atoms with van der Waals surface area (Å²) in [5, 5.41) is 8.92. The van der Waals surface area contributed by atoms with Crippen LogP contribution in [-0.4, -0.2) is 23.0 Å². The van der Waals surface area contributed by atoms with Gasteiger partial charge in [-0.2, -0.15) is 0 Å². The lowest BCUT2D eigenvalue weighted by Gasteiger charge is -2.12. The molecule has 0 aliphatic carbocycles. The summed E-state index contributed by atoms with van der Waals surface area (Å²) in [6.45, 7) is 3.16. The SMILES string of the molecule is CCC(N)C(O)C(C)=O. The van der Waals surface area contributed by atoms with E-state index in [1.165, 1.54) is 6.92 Å². The van der Waals surface area contributed by atoms with Crippen LogP contribution in [-0.2, 0) is 4.79 Å². The third-order valence-corrected chi connectivity index (χ3v) is 1.29. The van der Waals surface area contributed by atoms with Crippen LogP contribution in [0, 0.1) is 0 Å². The van der Waals surface area contributed by atoms with Gasteiger partial charge in [-0.25, -0.2) is 0 Å². The first-order chi connectivity index (χ1) is 4.09. The maximum absolute atomic E-state index is 10.4. The highest BCUT2D eigenvalue weighted by molar-refractivity contribution is 5.80. The quantitative estimate of drug-likeness (QED) is 0.551. The average molecular weight is 131 g/mol. The monoisotopic (exact) mass is 131 g/mol. The molecule has 2 atom stereocenters. The van der Waals surface area contributed by atoms with Crippen molar-refractivity contribution in [2.45, 2.75) is 32.4 Å². The minimum absolute atomic E-state index is 0.260. The van der Waals surface area contributed by atoms with Crippen molar-refractivity contribution in [3.63, 3.8) is 0 Å². The molecule has 0 radical (unpaired) electrons. The van der Waals surface area contributed by atoms with Crippen molar-refractivity contribution in [2.75, 3.05) is 0 Å². The highest BCUT2D eigenvalue weighted by atomic mass is 16.3. The van der Waals surface area contributed by atoms with E-state index in [4.69, 9.17) is 10.8 Å². The van der Waals surface area contributed by atoms with E-state index in [0.717, 1.165) is 0 Å². The van der Waals surface area contributed by atoms with Gasteiger partial charge in [0, 0.05) is 6.04 Å². The summed E-state index contributed by atoms with van der Waals surface area (Å²) in [6, 6.07) is -0.400. The summed E-state index contributed by atoms with van der Waals surface area (Å²) in [4.78, 5) is 10.4. The Morgan fingerprint density at radius 2 is 2.22 bits per heavy atom. The summed E-state index contributed by atoms with van der Waals surface area (Å²) in [6.07, 6.45) is -0.351. The van der Waals surface area contributed by atoms with Gasteiger partial charge in [-0.3, -0.25) is 4.79 Å². The van der Waals surface area contributed by atoms with Gasteiger partial charge in [0.15, 0.2) is 5.78 Å². The number of aliphatic hydroxyl groups excluding tert-OH is 1. The molecule has 2 unspecified atom stereocenters. The van der Waals surface area contributed by atoms with Gasteiger partial charge >= 0.3 is 0 Å². The van der Waals surface area contributed by atoms with Crippen LogP contribution in [0.25, 0.3) is 0 Å². The van der Waals surface area contributed by atoms with Gasteiger partial charge in [0.05, 0.1) is 0 Å². The highest BCUT2D eigenvalue weighted by Crippen LogP contribution is 1.95. The lowest BCUT2D eigenvalue weighted by molar-refractivity contribution is -0.125. The Hall–Kier alpha value is -0.410. The van der Waals surface area contributed by atoms with Gasteiger partial charge in [-0.15, -0.1) is 0 Å². The molecule has 0 saturated carbocycles. The maximum Gasteiger partial charge on any atom is 0.159 e. The molecule has 54 valence electrons. The van der Waals surface area contributed by atoms with E-state index in [0.29, 0.717) is 6.42 Å². The topological polar surface area (TPSA) is 63.3 Å². The molecule has 0 spiro atoms. The molecule has 3 nitrogen and oxygen atoms in total. The van der Waals surface area contributed by atoms with Crippen LogP contribution in [0.1, 0.15) is 20.3 Å². The first-order valence-corrected chi connectivity index (χ1v) is 3.03. The minimum atomic E-state index is -0.977. The van der Waals surface area contributed by atoms with E-state index >= 15 is 0 Å². The number of hydrogen-bond donors (Lipinski definition) is 2. The smallest absolute Gasteiger partial charge is 0.159 e. The number of rotatable bonds is 3. The molecule has 0 fully saturated rings. The Balaban J connectivity index is 3.72. The lowest BCUT2D eigenvalue weighted by atomic mass is 10.1. The molecular weight excluding hydrogens is 118 g/mol. The summed E-state index contributed by atoms with van der Waals surface area (Å²) in [5.74, 6) is -0.260. The zero-order valence-corrected chi connectivity index (χ0v) is 5.79. The largest absolute Gasteiger partial charge is 0.384 e. The fourth-order valence-corrected chi connectivity index (χ4v) is 0.525. The van der Waals surface area contributed by atoms with Crippen LogP contribution in [0.4, 0.5) is 0 Å². The maximum atomic E-state index is 10.4. The molecule has 0 bridgehead atoms. The molecule has 0 aliphatic heterocycles. The van der Waals surface area contributed by atoms with Crippen LogP contribution in [0.3, 0.4) is 0 Å². The molecule has 0 saturated heterocycles. The predicted octanol–water partition coefficient (Wildman–Crippen LogP) is -0.326. The standard InChI is InChI=1S/C6H13NO2/c1-3-5(7)6(9)4(2)8/h5-6,9H,3,7H2,1-2H3. The Morgan fingerprint density at radius 3 is 2.33 bits per heavy atom. The molecule has 3 heteroatoms. The molecule has 0 amide bonds. The van der Waals surface area contributed by atoms with Crippen molar-refractivity contribution in [1.29, 1.82) is 0 Å². The Labute approximate surface area is 54.9 Å². The van der Waals surface area contributed by atoms with Crippen LogP contribution in [0.5, 0.6) is 0 Å². The third kappa shape index (κ3) is 2.58. The number of hydrogen-bond acceptors (Lipinski definition) is 3. The summed E-state index contributed by atoms with van der Waals surface area (Å²) >= 11 is 0. The van der Waals surface area contributed by atoms with Crippen molar-refractivity contribution >= 4 is 5.78 Å². The van der Waals surface area contributed by atoms with Gasteiger partial charge in [0.1, 0.15) is 6.10 Å². The van der Waals surface area contributed by atoms with Gasteiger partial charge in [0.2, 0.25) is 0 Å². The van der Waals surface area contributed by atoms with Crippen molar-refractivity contribution in [2.24, 2.45) is 5.73 Å². The second-order valence-corrected chi connectivity index (χ2v) is 2.13. The number of carbonyl (C=O) groups excluding carboxylic acids is 1. The molecule has 3 N–H and O–H groups in total. The van der Waals surface area contributed by atoms with E-state index in [1.807, 2.05) is 6.92 Å². The van der Waals surface area contributed by atoms with E-state index in [2.05, 4.69) is 0 Å². The molecule has 0 aliphatic rings. The summed E-state index contributed by atoms with van der Waals surface area (Å²) in [5.41, 5.74) is 5.35. The zero-order valence-electron chi connectivity index (χ0n) is 5.79. The normalized spacial score (nSPS) is 16.9. The number of ketones is 1. The van der Waals surface area contributed by atoms with Crippen molar-refractivity contribution < 1.29 is 9.90 Å². The molecule has 0 aromatic rings. The van der Waals surface area contributed by atoms with Gasteiger partial charge in [0.25, 0.3) is 0 Å². The molecule has 0 rings (SSSR count). The van der Waals surface area contributed by atoms with E-state index in [9.17, 15) is 4.79 Å². The predicted molar refractivity (Wildman–Crippen MR) is 35.0 cm³/mol. The molecule has 0 aromatic carbocycles. The summed E-state index contributed by atoms with van der Waals surface area (Å²) in [7, 11) is 0. The molecule has 0 heterocycles. The molecule has 9 heavy (non-hydrogen) atoms. The van der Waals surface area contributed by atoms with Crippen LogP contribution < -0.4 is 5.73 Å². The van der Waals surface area contributed by atoms with Crippen molar-refractivity contribution in [1.82, 2.24) is 0 Å². The number of aliphatic hydroxyl groups is 1. The Kier molecular flexibility index (Phi) is 3.42. The van der Waals surface area contributed by atoms with Crippen LogP contribution in [0.15, 0.2) is 0 Å². The van der Waals surface area contributed by atoms with E-state index < -0.39 is 12.1 Å². The fraction of sp³-hybridized carbons (Fsp3) is 0.833. The second kappa shape index (κ2) is 3.58. The Morgan fingerprint density at radius 1 is 1.78 bits per heavy atom. The van der Waals surface area contributed by atoms with E-state index in [1.54, 1.807) is 0 Å². The fourth-order valence-electron chi connectivity index (χ4n) is 0.525. The van der Waals surface area contributed by atoms with Gasteiger partial charge in [-0.1, -0.05) is 6.92 Å². The van der Waals surface area contributed by atoms with Crippen LogP contribution in [0.2, 0.25) is 0 Å². The summed E-state index contributed by atoms with van der Waals surface area (Å²) < 4.78 is 0. The molecule has 0 aromatic heterocycles. The van der Waals surface area contributed by atoms with Crippen LogP contribution >= 0.6 is 0 Å². The lowest BCUT2D eigenvalue weighted by Crippen LogP contribution is -2.38. The van der Waals surface area contributed by atoms with Gasteiger partial charge in [-0.05, 0) is 13.3 Å². The highest BCUT2D eigenvalue weighted by Gasteiger charge is 2.16. The number of carbonyl (C=O) groups is 1. The van der Waals surface area contributed by atoms with E-state index in [-0.39, 0.29) is 5.78 Å². The average Bonchev–Trinajstić information content (AvgIpc) is 1.84. The first kappa shape index (κ1) is 8.59. The van der Waals surface area contributed by atoms with Crippen molar-refractivity contribution in [3.8, 4) is 0 Å². The number of Topliss-reactive ketones (excluding diaryl/α,β-unsaturated/α-hetero) is 1. The Bertz CT molecular complexity index is 103. The van der Waals surface area contributed by atoms with Crippen molar-refractivity contribution in [3.05, 3.63) is 0 Å². The third-order valence-electron chi connectivity index (χ3n) is 1.29. The zero-order chi connectivity index (χ0) is 7.44. The first-order valence-electron chi connectivity index (χ1n) is 3.03. The second-order valence-electron chi connectivity index (χ2n) is 2.13. The minimum Gasteiger partial charge on any atom is -0.384 e.